The van der Waals surface area contributed by atoms with Crippen LogP contribution in [0.15, 0.2) is 42.6 Å². The van der Waals surface area contributed by atoms with Crippen LogP contribution in [-0.4, -0.2) is 15.7 Å². The standard InChI is InChI=1S/C16H21N3O/c1-3-19-15(11-12-17-19)13(2)18-16(20)10-9-14-7-5-4-6-8-14/h4-8,11-13H,3,9-10H2,1-2H3,(H,18,20). The maximum absolute atomic E-state index is 12.0. The third-order valence-corrected chi connectivity index (χ3v) is 3.35. The van der Waals surface area contributed by atoms with E-state index in [1.54, 1.807) is 6.20 Å². The minimum Gasteiger partial charge on any atom is -0.348 e. The van der Waals surface area contributed by atoms with Crippen LogP contribution in [0.2, 0.25) is 0 Å². The highest BCUT2D eigenvalue weighted by molar-refractivity contribution is 5.76. The molecule has 0 bridgehead atoms. The average Bonchev–Trinajstić information content (AvgIpc) is 2.95. The van der Waals surface area contributed by atoms with Crippen molar-refractivity contribution in [1.29, 1.82) is 0 Å². The van der Waals surface area contributed by atoms with Gasteiger partial charge in [0, 0.05) is 19.2 Å². The molecular formula is C16H21N3O. The molecular weight excluding hydrogens is 250 g/mol. The molecule has 0 radical (unpaired) electrons. The highest BCUT2D eigenvalue weighted by Crippen LogP contribution is 2.12. The van der Waals surface area contributed by atoms with Crippen LogP contribution in [0.4, 0.5) is 0 Å². The molecule has 0 saturated heterocycles. The van der Waals surface area contributed by atoms with Crippen LogP contribution in [0, 0.1) is 0 Å². The zero-order valence-corrected chi connectivity index (χ0v) is 12.0. The van der Waals surface area contributed by atoms with Crippen LogP contribution in [0.25, 0.3) is 0 Å². The number of nitrogens with zero attached hydrogens (tertiary/aromatic N) is 2. The molecule has 106 valence electrons. The number of aromatic nitrogens is 2. The van der Waals surface area contributed by atoms with Crippen LogP contribution in [0.1, 0.15) is 37.6 Å². The number of hydrogen-bond donors (Lipinski definition) is 1. The molecule has 1 aromatic heterocycles. The predicted molar refractivity (Wildman–Crippen MR) is 79.2 cm³/mol. The molecule has 0 aliphatic heterocycles. The third kappa shape index (κ3) is 3.70. The Balaban J connectivity index is 1.85. The number of carbonyl (C=O) groups excluding carboxylic acids is 1. The van der Waals surface area contributed by atoms with Gasteiger partial charge in [0.15, 0.2) is 0 Å². The molecule has 0 spiro atoms. The van der Waals surface area contributed by atoms with Crippen molar-refractivity contribution in [2.24, 2.45) is 0 Å². The van der Waals surface area contributed by atoms with Gasteiger partial charge in [0.1, 0.15) is 0 Å². The van der Waals surface area contributed by atoms with Crippen LogP contribution >= 0.6 is 0 Å². The summed E-state index contributed by atoms with van der Waals surface area (Å²) in [6.07, 6.45) is 3.05. The number of aryl methyl sites for hydroxylation is 2. The number of hydrogen-bond acceptors (Lipinski definition) is 2. The number of nitrogens with one attached hydrogen (secondary N) is 1. The summed E-state index contributed by atoms with van der Waals surface area (Å²) in [5, 5.41) is 7.25. The van der Waals surface area contributed by atoms with E-state index in [-0.39, 0.29) is 11.9 Å². The van der Waals surface area contributed by atoms with Crippen LogP contribution < -0.4 is 5.32 Å². The van der Waals surface area contributed by atoms with Gasteiger partial charge in [-0.15, -0.1) is 0 Å². The Labute approximate surface area is 119 Å². The van der Waals surface area contributed by atoms with E-state index >= 15 is 0 Å². The maximum Gasteiger partial charge on any atom is 0.220 e. The summed E-state index contributed by atoms with van der Waals surface area (Å²) in [4.78, 5) is 12.0. The van der Waals surface area contributed by atoms with E-state index in [1.807, 2.05) is 54.9 Å². The molecule has 2 aromatic rings. The molecule has 1 atom stereocenters. The molecule has 4 heteroatoms. The van der Waals surface area contributed by atoms with Gasteiger partial charge in [0.2, 0.25) is 5.91 Å². The number of amides is 1. The molecule has 1 amide bonds. The first-order valence-electron chi connectivity index (χ1n) is 7.05. The molecule has 0 fully saturated rings. The van der Waals surface area contributed by atoms with Crippen molar-refractivity contribution in [3.8, 4) is 0 Å². The molecule has 1 heterocycles. The van der Waals surface area contributed by atoms with Gasteiger partial charge in [-0.1, -0.05) is 30.3 Å². The highest BCUT2D eigenvalue weighted by atomic mass is 16.1. The van der Waals surface area contributed by atoms with Gasteiger partial charge >= 0.3 is 0 Å². The van der Waals surface area contributed by atoms with Crippen molar-refractivity contribution in [3.63, 3.8) is 0 Å². The Hall–Kier alpha value is -2.10. The van der Waals surface area contributed by atoms with Gasteiger partial charge in [0.25, 0.3) is 0 Å². The smallest absolute Gasteiger partial charge is 0.220 e. The molecule has 0 aliphatic carbocycles. The molecule has 0 aliphatic rings. The van der Waals surface area contributed by atoms with Gasteiger partial charge in [-0.3, -0.25) is 9.48 Å². The Morgan fingerprint density at radius 3 is 2.75 bits per heavy atom. The largest absolute Gasteiger partial charge is 0.348 e. The lowest BCUT2D eigenvalue weighted by molar-refractivity contribution is -0.121. The first-order valence-corrected chi connectivity index (χ1v) is 7.05. The second-order valence-corrected chi connectivity index (χ2v) is 4.85. The molecule has 1 unspecified atom stereocenters. The normalized spacial score (nSPS) is 12.1. The molecule has 4 nitrogen and oxygen atoms in total. The number of carbonyl (C=O) groups is 1. The fraction of sp³-hybridized carbons (Fsp3) is 0.375. The molecule has 1 aromatic carbocycles. The Bertz CT molecular complexity index is 548. The van der Waals surface area contributed by atoms with E-state index in [1.165, 1.54) is 5.56 Å². The van der Waals surface area contributed by atoms with Gasteiger partial charge in [-0.2, -0.15) is 5.10 Å². The van der Waals surface area contributed by atoms with E-state index in [0.717, 1.165) is 18.7 Å². The molecule has 0 saturated carbocycles. The summed E-state index contributed by atoms with van der Waals surface area (Å²) in [6.45, 7) is 4.84. The molecule has 20 heavy (non-hydrogen) atoms. The van der Waals surface area contributed by atoms with E-state index in [4.69, 9.17) is 0 Å². The summed E-state index contributed by atoms with van der Waals surface area (Å²) in [5.74, 6) is 0.0743. The predicted octanol–water partition coefficient (Wildman–Crippen LogP) is 2.71. The Morgan fingerprint density at radius 1 is 1.30 bits per heavy atom. The second-order valence-electron chi connectivity index (χ2n) is 4.85. The summed E-state index contributed by atoms with van der Waals surface area (Å²) in [7, 11) is 0. The number of rotatable bonds is 6. The average molecular weight is 271 g/mol. The van der Waals surface area contributed by atoms with E-state index in [0.29, 0.717) is 6.42 Å². The minimum atomic E-state index is -0.0132. The Kier molecular flexibility index (Phi) is 4.93. The zero-order valence-electron chi connectivity index (χ0n) is 12.0. The summed E-state index contributed by atoms with van der Waals surface area (Å²) in [5.41, 5.74) is 2.23. The lowest BCUT2D eigenvalue weighted by Crippen LogP contribution is -2.28. The van der Waals surface area contributed by atoms with Crippen LogP contribution in [0.5, 0.6) is 0 Å². The summed E-state index contributed by atoms with van der Waals surface area (Å²) < 4.78 is 1.90. The number of benzene rings is 1. The van der Waals surface area contributed by atoms with Crippen molar-refractivity contribution >= 4 is 5.91 Å². The summed E-state index contributed by atoms with van der Waals surface area (Å²) >= 11 is 0. The lowest BCUT2D eigenvalue weighted by Gasteiger charge is -2.15. The topological polar surface area (TPSA) is 46.9 Å². The fourth-order valence-corrected chi connectivity index (χ4v) is 2.27. The Morgan fingerprint density at radius 2 is 2.05 bits per heavy atom. The molecule has 1 N–H and O–H groups in total. The first kappa shape index (κ1) is 14.3. The van der Waals surface area contributed by atoms with Crippen molar-refractivity contribution in [2.45, 2.75) is 39.3 Å². The second kappa shape index (κ2) is 6.89. The monoisotopic (exact) mass is 271 g/mol. The zero-order chi connectivity index (χ0) is 14.4. The van der Waals surface area contributed by atoms with Crippen molar-refractivity contribution in [2.75, 3.05) is 0 Å². The van der Waals surface area contributed by atoms with E-state index < -0.39 is 0 Å². The van der Waals surface area contributed by atoms with E-state index in [2.05, 4.69) is 10.4 Å². The summed E-state index contributed by atoms with van der Waals surface area (Å²) in [6, 6.07) is 12.0. The third-order valence-electron chi connectivity index (χ3n) is 3.35. The van der Waals surface area contributed by atoms with Crippen molar-refractivity contribution in [3.05, 3.63) is 53.9 Å². The van der Waals surface area contributed by atoms with Gasteiger partial charge < -0.3 is 5.32 Å². The van der Waals surface area contributed by atoms with Crippen molar-refractivity contribution in [1.82, 2.24) is 15.1 Å². The SMILES string of the molecule is CCn1nccc1C(C)NC(=O)CCc1ccccc1. The first-order chi connectivity index (χ1) is 9.70. The van der Waals surface area contributed by atoms with Gasteiger partial charge in [-0.25, -0.2) is 0 Å². The lowest BCUT2D eigenvalue weighted by atomic mass is 10.1. The van der Waals surface area contributed by atoms with Crippen LogP contribution in [-0.2, 0) is 17.8 Å². The van der Waals surface area contributed by atoms with Gasteiger partial charge in [0.05, 0.1) is 11.7 Å². The quantitative estimate of drug-likeness (QED) is 0.878. The van der Waals surface area contributed by atoms with E-state index in [9.17, 15) is 4.79 Å². The maximum atomic E-state index is 12.0. The fourth-order valence-electron chi connectivity index (χ4n) is 2.27. The highest BCUT2D eigenvalue weighted by Gasteiger charge is 2.13. The molecule has 2 rings (SSSR count). The minimum absolute atomic E-state index is 0.0132. The van der Waals surface area contributed by atoms with Gasteiger partial charge in [-0.05, 0) is 31.9 Å². The van der Waals surface area contributed by atoms with Crippen molar-refractivity contribution < 1.29 is 4.79 Å². The van der Waals surface area contributed by atoms with Crippen LogP contribution in [0.3, 0.4) is 0 Å².